The summed E-state index contributed by atoms with van der Waals surface area (Å²) in [4.78, 5) is 8.92. The van der Waals surface area contributed by atoms with E-state index in [0.717, 1.165) is 29.7 Å². The summed E-state index contributed by atoms with van der Waals surface area (Å²) in [5.41, 5.74) is 8.85. The van der Waals surface area contributed by atoms with E-state index in [1.165, 1.54) is 0 Å². The van der Waals surface area contributed by atoms with Crippen molar-refractivity contribution in [2.45, 2.75) is 50.0 Å². The molecule has 1 saturated carbocycles. The minimum atomic E-state index is -3.03. The van der Waals surface area contributed by atoms with Crippen LogP contribution in [0.1, 0.15) is 44.9 Å². The highest BCUT2D eigenvalue weighted by Gasteiger charge is 2.35. The topological polar surface area (TPSA) is 85.9 Å². The third-order valence-electron chi connectivity index (χ3n) is 4.13. The summed E-state index contributed by atoms with van der Waals surface area (Å²) in [5.74, 6) is 0.513. The Morgan fingerprint density at radius 1 is 1.25 bits per heavy atom. The van der Waals surface area contributed by atoms with Crippen molar-refractivity contribution in [3.05, 3.63) is 41.7 Å². The van der Waals surface area contributed by atoms with E-state index < -0.39 is 9.84 Å². The molecular weight excluding hydrogens is 322 g/mol. The van der Waals surface area contributed by atoms with Crippen LogP contribution in [0.25, 0.3) is 11.3 Å². The molecule has 1 aromatic heterocycles. The van der Waals surface area contributed by atoms with Gasteiger partial charge in [0.1, 0.15) is 5.82 Å². The Labute approximate surface area is 143 Å². The summed E-state index contributed by atoms with van der Waals surface area (Å²) in [6, 6.07) is 7.51. The standard InChI is InChI=1S/C18H23N3O2S/c1-18(2,3)16-17(19)20-10-15(21-16)13-6-4-5-12(9-13)11-24(22,23)14-7-8-14/h4-6,9-10,14H,7-8,11H2,1-3H3,(H2,19,20). The number of hydrogen-bond donors (Lipinski definition) is 1. The molecule has 0 amide bonds. The van der Waals surface area contributed by atoms with Gasteiger partial charge in [0.15, 0.2) is 9.84 Å². The molecule has 1 heterocycles. The van der Waals surface area contributed by atoms with Crippen LogP contribution in [0.4, 0.5) is 5.82 Å². The van der Waals surface area contributed by atoms with Gasteiger partial charge in [-0.2, -0.15) is 0 Å². The zero-order chi connectivity index (χ0) is 17.5. The molecule has 6 heteroatoms. The lowest BCUT2D eigenvalue weighted by Gasteiger charge is -2.19. The van der Waals surface area contributed by atoms with Gasteiger partial charge in [0.2, 0.25) is 0 Å². The third kappa shape index (κ3) is 3.59. The third-order valence-corrected chi connectivity index (χ3v) is 6.36. The molecule has 0 saturated heterocycles. The van der Waals surface area contributed by atoms with Gasteiger partial charge < -0.3 is 5.73 Å². The van der Waals surface area contributed by atoms with E-state index in [9.17, 15) is 8.42 Å². The van der Waals surface area contributed by atoms with Gasteiger partial charge in [-0.05, 0) is 24.5 Å². The number of rotatable bonds is 4. The summed E-state index contributed by atoms with van der Waals surface area (Å²) < 4.78 is 24.4. The number of sulfone groups is 1. The van der Waals surface area contributed by atoms with Gasteiger partial charge >= 0.3 is 0 Å². The number of benzene rings is 1. The predicted octanol–water partition coefficient (Wildman–Crippen LogP) is 3.10. The van der Waals surface area contributed by atoms with Crippen molar-refractivity contribution in [3.63, 3.8) is 0 Å². The van der Waals surface area contributed by atoms with E-state index >= 15 is 0 Å². The molecule has 0 atom stereocenters. The summed E-state index contributed by atoms with van der Waals surface area (Å²) in [6.07, 6.45) is 3.22. The van der Waals surface area contributed by atoms with Crippen LogP contribution in [-0.2, 0) is 21.0 Å². The molecule has 1 aliphatic rings. The highest BCUT2D eigenvalue weighted by molar-refractivity contribution is 7.91. The second-order valence-electron chi connectivity index (χ2n) is 7.45. The van der Waals surface area contributed by atoms with Crippen LogP contribution in [-0.4, -0.2) is 23.6 Å². The van der Waals surface area contributed by atoms with Crippen molar-refractivity contribution >= 4 is 15.7 Å². The van der Waals surface area contributed by atoms with Crippen LogP contribution in [0.2, 0.25) is 0 Å². The minimum Gasteiger partial charge on any atom is -0.382 e. The molecular formula is C18H23N3O2S. The first-order valence-corrected chi connectivity index (χ1v) is 9.82. The van der Waals surface area contributed by atoms with E-state index in [1.54, 1.807) is 6.20 Å². The fraction of sp³-hybridized carbons (Fsp3) is 0.444. The van der Waals surface area contributed by atoms with Crippen molar-refractivity contribution < 1.29 is 8.42 Å². The zero-order valence-corrected chi connectivity index (χ0v) is 15.1. The molecule has 3 rings (SSSR count). The number of aromatic nitrogens is 2. The van der Waals surface area contributed by atoms with E-state index in [1.807, 2.05) is 45.0 Å². The SMILES string of the molecule is CC(C)(C)c1nc(-c2cccc(CS(=O)(=O)C3CC3)c2)cnc1N. The van der Waals surface area contributed by atoms with Crippen LogP contribution < -0.4 is 5.73 Å². The monoisotopic (exact) mass is 345 g/mol. The Hall–Kier alpha value is -1.95. The quantitative estimate of drug-likeness (QED) is 0.920. The van der Waals surface area contributed by atoms with Gasteiger partial charge in [-0.3, -0.25) is 0 Å². The van der Waals surface area contributed by atoms with Crippen LogP contribution in [0.5, 0.6) is 0 Å². The van der Waals surface area contributed by atoms with Crippen molar-refractivity contribution in [2.75, 3.05) is 5.73 Å². The van der Waals surface area contributed by atoms with Crippen LogP contribution in [0.15, 0.2) is 30.5 Å². The zero-order valence-electron chi connectivity index (χ0n) is 14.3. The summed E-state index contributed by atoms with van der Waals surface area (Å²) in [5, 5.41) is -0.148. The summed E-state index contributed by atoms with van der Waals surface area (Å²) in [7, 11) is -3.03. The first-order valence-electron chi connectivity index (χ1n) is 8.11. The average Bonchev–Trinajstić information content (AvgIpc) is 3.31. The molecule has 0 bridgehead atoms. The molecule has 0 aliphatic heterocycles. The molecule has 128 valence electrons. The summed E-state index contributed by atoms with van der Waals surface area (Å²) >= 11 is 0. The van der Waals surface area contributed by atoms with Crippen molar-refractivity contribution in [3.8, 4) is 11.3 Å². The largest absolute Gasteiger partial charge is 0.382 e. The van der Waals surface area contributed by atoms with Crippen LogP contribution in [0, 0.1) is 0 Å². The lowest BCUT2D eigenvalue weighted by Crippen LogP contribution is -2.17. The average molecular weight is 345 g/mol. The Balaban J connectivity index is 1.94. The van der Waals surface area contributed by atoms with Gasteiger partial charge in [-0.25, -0.2) is 18.4 Å². The fourth-order valence-corrected chi connectivity index (χ4v) is 4.42. The molecule has 0 unspecified atom stereocenters. The molecule has 5 nitrogen and oxygen atoms in total. The van der Waals surface area contributed by atoms with Gasteiger partial charge in [-0.15, -0.1) is 0 Å². The Morgan fingerprint density at radius 2 is 1.96 bits per heavy atom. The Kier molecular flexibility index (Phi) is 4.11. The number of hydrogen-bond acceptors (Lipinski definition) is 5. The van der Waals surface area contributed by atoms with Crippen LogP contribution >= 0.6 is 0 Å². The maximum atomic E-state index is 12.2. The molecule has 24 heavy (non-hydrogen) atoms. The van der Waals surface area contributed by atoms with Gasteiger partial charge in [-0.1, -0.05) is 39.0 Å². The lowest BCUT2D eigenvalue weighted by atomic mass is 9.91. The first kappa shape index (κ1) is 16.9. The normalized spacial score (nSPS) is 15.5. The molecule has 2 N–H and O–H groups in total. The number of anilines is 1. The fourth-order valence-electron chi connectivity index (χ4n) is 2.69. The predicted molar refractivity (Wildman–Crippen MR) is 96.2 cm³/mol. The van der Waals surface area contributed by atoms with Crippen molar-refractivity contribution in [1.82, 2.24) is 9.97 Å². The Bertz CT molecular complexity index is 866. The number of nitrogen functional groups attached to an aromatic ring is 1. The second kappa shape index (κ2) is 5.84. The maximum absolute atomic E-state index is 12.2. The molecule has 0 radical (unpaired) electrons. The molecule has 0 spiro atoms. The molecule has 1 aliphatic carbocycles. The van der Waals surface area contributed by atoms with E-state index in [0.29, 0.717) is 11.5 Å². The van der Waals surface area contributed by atoms with Gasteiger partial charge in [0, 0.05) is 11.0 Å². The first-order chi connectivity index (χ1) is 11.2. The Morgan fingerprint density at radius 3 is 2.58 bits per heavy atom. The van der Waals surface area contributed by atoms with Gasteiger partial charge in [0.05, 0.1) is 28.6 Å². The van der Waals surface area contributed by atoms with Gasteiger partial charge in [0.25, 0.3) is 0 Å². The highest BCUT2D eigenvalue weighted by Crippen LogP contribution is 2.32. The minimum absolute atomic E-state index is 0.0834. The van der Waals surface area contributed by atoms with Crippen molar-refractivity contribution in [1.29, 1.82) is 0 Å². The molecule has 1 fully saturated rings. The van der Waals surface area contributed by atoms with Crippen molar-refractivity contribution in [2.24, 2.45) is 0 Å². The summed E-state index contributed by atoms with van der Waals surface area (Å²) in [6.45, 7) is 6.11. The van der Waals surface area contributed by atoms with E-state index in [4.69, 9.17) is 5.73 Å². The molecule has 2 aromatic rings. The second-order valence-corrected chi connectivity index (χ2v) is 9.73. The number of nitrogens with two attached hydrogens (primary N) is 1. The highest BCUT2D eigenvalue weighted by atomic mass is 32.2. The van der Waals surface area contributed by atoms with E-state index in [2.05, 4.69) is 9.97 Å². The lowest BCUT2D eigenvalue weighted by molar-refractivity contribution is 0.569. The molecule has 1 aromatic carbocycles. The smallest absolute Gasteiger partial charge is 0.157 e. The van der Waals surface area contributed by atoms with Crippen LogP contribution in [0.3, 0.4) is 0 Å². The van der Waals surface area contributed by atoms with E-state index in [-0.39, 0.29) is 16.4 Å². The maximum Gasteiger partial charge on any atom is 0.157 e. The number of nitrogens with zero attached hydrogens (tertiary/aromatic N) is 2.